The fourth-order valence-electron chi connectivity index (χ4n) is 1.84. The van der Waals surface area contributed by atoms with Gasteiger partial charge in [0.05, 0.1) is 34.8 Å². The Balaban J connectivity index is 1.84. The lowest BCUT2D eigenvalue weighted by molar-refractivity contribution is 0.0897. The Hall–Kier alpha value is -1.86. The minimum Gasteiger partial charge on any atom is -0.294 e. The first-order valence-corrected chi connectivity index (χ1v) is 7.40. The van der Waals surface area contributed by atoms with Gasteiger partial charge in [-0.15, -0.1) is 11.3 Å². The highest BCUT2D eigenvalue weighted by molar-refractivity contribution is 9.10. The molecule has 0 fully saturated rings. The Kier molecular flexibility index (Phi) is 3.45. The maximum Gasteiger partial charge on any atom is 0.180 e. The first-order chi connectivity index (χ1) is 9.65. The SMILES string of the molecule is O=C(CC(=O)c1cnn2ccncc12)c1cc(Br)cs1. The molecule has 20 heavy (non-hydrogen) atoms. The second-order valence-electron chi connectivity index (χ2n) is 4.12. The Bertz CT molecular complexity index is 809. The highest BCUT2D eigenvalue weighted by Gasteiger charge is 2.18. The van der Waals surface area contributed by atoms with E-state index in [-0.39, 0.29) is 18.0 Å². The molecule has 0 bridgehead atoms. The molecule has 0 aliphatic heterocycles. The van der Waals surface area contributed by atoms with E-state index in [1.165, 1.54) is 17.5 Å². The van der Waals surface area contributed by atoms with Crippen LogP contribution in [0.2, 0.25) is 0 Å². The molecule has 0 saturated carbocycles. The predicted molar refractivity (Wildman–Crippen MR) is 78.3 cm³/mol. The van der Waals surface area contributed by atoms with Crippen molar-refractivity contribution in [1.82, 2.24) is 14.6 Å². The van der Waals surface area contributed by atoms with Crippen LogP contribution in [0.15, 0.2) is 40.7 Å². The number of nitrogens with zero attached hydrogens (tertiary/aromatic N) is 3. The largest absolute Gasteiger partial charge is 0.294 e. The number of thiophene rings is 1. The predicted octanol–water partition coefficient (Wildman–Crippen LogP) is 3.01. The molecule has 100 valence electrons. The van der Waals surface area contributed by atoms with Crippen LogP contribution in [0.25, 0.3) is 5.52 Å². The van der Waals surface area contributed by atoms with Crippen molar-refractivity contribution in [3.05, 3.63) is 51.1 Å². The number of halogens is 1. The highest BCUT2D eigenvalue weighted by atomic mass is 79.9. The lowest BCUT2D eigenvalue weighted by Gasteiger charge is -1.97. The number of hydrogen-bond donors (Lipinski definition) is 0. The van der Waals surface area contributed by atoms with E-state index in [1.807, 2.05) is 5.38 Å². The minimum absolute atomic E-state index is 0.163. The van der Waals surface area contributed by atoms with Crippen molar-refractivity contribution in [3.63, 3.8) is 0 Å². The molecule has 5 nitrogen and oxygen atoms in total. The standard InChI is InChI=1S/C13H8BrN3O2S/c14-8-3-13(20-7-8)12(19)4-11(18)9-5-16-17-2-1-15-6-10(9)17/h1-3,5-7H,4H2. The van der Waals surface area contributed by atoms with Gasteiger partial charge in [-0.3, -0.25) is 14.6 Å². The summed E-state index contributed by atoms with van der Waals surface area (Å²) in [4.78, 5) is 28.8. The molecule has 3 aromatic rings. The zero-order valence-electron chi connectivity index (χ0n) is 10.1. The van der Waals surface area contributed by atoms with E-state index in [2.05, 4.69) is 26.0 Å². The molecule has 0 radical (unpaired) electrons. The van der Waals surface area contributed by atoms with Crippen LogP contribution >= 0.6 is 27.3 Å². The summed E-state index contributed by atoms with van der Waals surface area (Å²) < 4.78 is 2.41. The molecule has 0 aromatic carbocycles. The van der Waals surface area contributed by atoms with Gasteiger partial charge in [0, 0.05) is 22.2 Å². The molecular weight excluding hydrogens is 342 g/mol. The average Bonchev–Trinajstić information content (AvgIpc) is 3.04. The molecule has 0 unspecified atom stereocenters. The minimum atomic E-state index is -0.248. The van der Waals surface area contributed by atoms with Gasteiger partial charge in [0.2, 0.25) is 0 Å². The van der Waals surface area contributed by atoms with Crippen LogP contribution in [0.3, 0.4) is 0 Å². The van der Waals surface area contributed by atoms with Crippen LogP contribution in [0, 0.1) is 0 Å². The molecule has 0 aliphatic rings. The van der Waals surface area contributed by atoms with E-state index >= 15 is 0 Å². The maximum absolute atomic E-state index is 12.2. The molecule has 3 heterocycles. The number of aromatic nitrogens is 3. The van der Waals surface area contributed by atoms with Crippen molar-refractivity contribution in [3.8, 4) is 0 Å². The number of fused-ring (bicyclic) bond motifs is 1. The van der Waals surface area contributed by atoms with Crippen LogP contribution in [0.4, 0.5) is 0 Å². The number of hydrogen-bond acceptors (Lipinski definition) is 5. The fraction of sp³-hybridized carbons (Fsp3) is 0.0769. The number of Topliss-reactive ketones (excluding diaryl/α,β-unsaturated/α-hetero) is 2. The Labute approximate surface area is 126 Å². The molecule has 0 amide bonds. The van der Waals surface area contributed by atoms with Crippen molar-refractivity contribution in [2.24, 2.45) is 0 Å². The average molecular weight is 350 g/mol. The summed E-state index contributed by atoms with van der Waals surface area (Å²) in [6.45, 7) is 0. The molecule has 3 aromatic heterocycles. The summed E-state index contributed by atoms with van der Waals surface area (Å²) in [5.74, 6) is -0.434. The van der Waals surface area contributed by atoms with Crippen LogP contribution in [-0.2, 0) is 0 Å². The number of rotatable bonds is 4. The van der Waals surface area contributed by atoms with E-state index in [1.54, 1.807) is 29.2 Å². The van der Waals surface area contributed by atoms with Gasteiger partial charge < -0.3 is 0 Å². The number of carbonyl (C=O) groups excluding carboxylic acids is 2. The smallest absolute Gasteiger partial charge is 0.180 e. The summed E-state index contributed by atoms with van der Waals surface area (Å²) in [6, 6.07) is 1.72. The van der Waals surface area contributed by atoms with Gasteiger partial charge in [0.1, 0.15) is 0 Å². The molecule has 0 N–H and O–H groups in total. The topological polar surface area (TPSA) is 64.3 Å². The molecule has 0 saturated heterocycles. The van der Waals surface area contributed by atoms with Crippen molar-refractivity contribution >= 4 is 44.3 Å². The Morgan fingerprint density at radius 3 is 2.90 bits per heavy atom. The second-order valence-corrected chi connectivity index (χ2v) is 5.94. The normalized spacial score (nSPS) is 10.8. The lowest BCUT2D eigenvalue weighted by Crippen LogP contribution is -2.07. The summed E-state index contributed by atoms with van der Waals surface area (Å²) >= 11 is 4.61. The Morgan fingerprint density at radius 1 is 1.30 bits per heavy atom. The van der Waals surface area contributed by atoms with Crippen molar-refractivity contribution in [2.75, 3.05) is 0 Å². The van der Waals surface area contributed by atoms with Crippen molar-refractivity contribution in [2.45, 2.75) is 6.42 Å². The molecule has 0 aliphatic carbocycles. The molecule has 7 heteroatoms. The zero-order valence-corrected chi connectivity index (χ0v) is 12.5. The maximum atomic E-state index is 12.2. The molecule has 0 atom stereocenters. The highest BCUT2D eigenvalue weighted by Crippen LogP contribution is 2.22. The number of ketones is 2. The van der Waals surface area contributed by atoms with Crippen molar-refractivity contribution < 1.29 is 9.59 Å². The van der Waals surface area contributed by atoms with Crippen LogP contribution in [0.5, 0.6) is 0 Å². The van der Waals surface area contributed by atoms with E-state index in [0.717, 1.165) is 4.47 Å². The summed E-state index contributed by atoms with van der Waals surface area (Å²) in [7, 11) is 0. The van der Waals surface area contributed by atoms with Gasteiger partial charge >= 0.3 is 0 Å². The third-order valence-electron chi connectivity index (χ3n) is 2.79. The lowest BCUT2D eigenvalue weighted by atomic mass is 10.1. The van der Waals surface area contributed by atoms with Crippen LogP contribution < -0.4 is 0 Å². The second kappa shape index (κ2) is 5.26. The number of carbonyl (C=O) groups is 2. The fourth-order valence-corrected chi connectivity index (χ4v) is 3.20. The van der Waals surface area contributed by atoms with Crippen LogP contribution in [-0.4, -0.2) is 26.2 Å². The first kappa shape index (κ1) is 13.1. The molecular formula is C13H8BrN3O2S. The van der Waals surface area contributed by atoms with Gasteiger partial charge in [0.15, 0.2) is 11.6 Å². The third-order valence-corrected chi connectivity index (χ3v) is 4.52. The summed E-state index contributed by atoms with van der Waals surface area (Å²) in [5.41, 5.74) is 1.03. The summed E-state index contributed by atoms with van der Waals surface area (Å²) in [6.07, 6.45) is 6.11. The van der Waals surface area contributed by atoms with E-state index in [9.17, 15) is 9.59 Å². The van der Waals surface area contributed by atoms with Gasteiger partial charge in [-0.1, -0.05) is 0 Å². The summed E-state index contributed by atoms with van der Waals surface area (Å²) in [5, 5.41) is 5.88. The van der Waals surface area contributed by atoms with Gasteiger partial charge in [-0.05, 0) is 22.0 Å². The quantitative estimate of drug-likeness (QED) is 0.536. The van der Waals surface area contributed by atoms with Gasteiger partial charge in [0.25, 0.3) is 0 Å². The first-order valence-electron chi connectivity index (χ1n) is 5.73. The van der Waals surface area contributed by atoms with Gasteiger partial charge in [-0.2, -0.15) is 5.10 Å². The molecule has 3 rings (SSSR count). The van der Waals surface area contributed by atoms with E-state index in [0.29, 0.717) is 16.0 Å². The zero-order chi connectivity index (χ0) is 14.1. The molecule has 0 spiro atoms. The van der Waals surface area contributed by atoms with Gasteiger partial charge in [-0.25, -0.2) is 4.52 Å². The van der Waals surface area contributed by atoms with E-state index < -0.39 is 0 Å². The Morgan fingerprint density at radius 2 is 2.15 bits per heavy atom. The third kappa shape index (κ3) is 2.41. The van der Waals surface area contributed by atoms with Crippen molar-refractivity contribution in [1.29, 1.82) is 0 Å². The van der Waals surface area contributed by atoms with E-state index in [4.69, 9.17) is 0 Å². The van der Waals surface area contributed by atoms with Crippen LogP contribution in [0.1, 0.15) is 26.5 Å². The monoisotopic (exact) mass is 349 g/mol.